The van der Waals surface area contributed by atoms with E-state index in [1.807, 2.05) is 30.7 Å². The first kappa shape index (κ1) is 12.7. The Kier molecular flexibility index (Phi) is 3.69. The lowest BCUT2D eigenvalue weighted by Crippen LogP contribution is -2.19. The smallest absolute Gasteiger partial charge is 0.250 e. The van der Waals surface area contributed by atoms with E-state index in [1.165, 1.54) is 22.7 Å². The molecule has 18 heavy (non-hydrogen) atoms. The molecule has 92 valence electrons. The van der Waals surface area contributed by atoms with E-state index in [0.717, 1.165) is 11.4 Å². The fourth-order valence-corrected chi connectivity index (χ4v) is 2.85. The number of aromatic nitrogens is 2. The Bertz CT molecular complexity index is 611. The first-order valence-electron chi connectivity index (χ1n) is 5.15. The Morgan fingerprint density at radius 2 is 2.00 bits per heavy atom. The Morgan fingerprint density at radius 1 is 1.33 bits per heavy atom. The second-order valence-corrected chi connectivity index (χ2v) is 5.42. The van der Waals surface area contributed by atoms with Gasteiger partial charge < -0.3 is 5.32 Å². The summed E-state index contributed by atoms with van der Waals surface area (Å²) >= 11 is 2.65. The lowest BCUT2D eigenvalue weighted by molar-refractivity contribution is -0.116. The summed E-state index contributed by atoms with van der Waals surface area (Å²) in [4.78, 5) is 20.3. The molecule has 0 spiro atoms. The number of hydrogen-bond donors (Lipinski definition) is 1. The third kappa shape index (κ3) is 2.72. The summed E-state index contributed by atoms with van der Waals surface area (Å²) in [7, 11) is 0. The van der Waals surface area contributed by atoms with Crippen molar-refractivity contribution in [3.05, 3.63) is 27.2 Å². The molecule has 0 aromatic carbocycles. The quantitative estimate of drug-likeness (QED) is 0.935. The predicted molar refractivity (Wildman–Crippen MR) is 70.7 cm³/mol. The molecular formula is C11H10N4OS2. The summed E-state index contributed by atoms with van der Waals surface area (Å²) in [5.41, 5.74) is 1.65. The standard InChI is InChI=1S/C11H10N4OS2/c1-6-4-17-10(13-6)8(3-12)9(16)15-11-14-7(2)5-18-11/h4-5,8H,1-2H3,(H,14,15,16). The summed E-state index contributed by atoms with van der Waals surface area (Å²) in [6.07, 6.45) is 0. The van der Waals surface area contributed by atoms with Crippen molar-refractivity contribution in [2.24, 2.45) is 0 Å². The number of hydrogen-bond acceptors (Lipinski definition) is 6. The lowest BCUT2D eigenvalue weighted by Gasteiger charge is -2.04. The number of amides is 1. The van der Waals surface area contributed by atoms with Crippen molar-refractivity contribution in [2.75, 3.05) is 5.32 Å². The minimum atomic E-state index is -0.882. The van der Waals surface area contributed by atoms with Gasteiger partial charge in [-0.2, -0.15) is 5.26 Å². The summed E-state index contributed by atoms with van der Waals surface area (Å²) in [5, 5.41) is 16.4. The van der Waals surface area contributed by atoms with Crippen LogP contribution >= 0.6 is 22.7 Å². The van der Waals surface area contributed by atoms with Gasteiger partial charge in [0.2, 0.25) is 0 Å². The molecule has 1 atom stereocenters. The zero-order valence-corrected chi connectivity index (χ0v) is 11.4. The van der Waals surface area contributed by atoms with Gasteiger partial charge in [-0.05, 0) is 13.8 Å². The molecule has 1 N–H and O–H groups in total. The molecule has 5 nitrogen and oxygen atoms in total. The van der Waals surface area contributed by atoms with Crippen LogP contribution in [0.3, 0.4) is 0 Å². The van der Waals surface area contributed by atoms with Crippen LogP contribution in [0.15, 0.2) is 10.8 Å². The Hall–Kier alpha value is -1.78. The maximum Gasteiger partial charge on any atom is 0.250 e. The SMILES string of the molecule is Cc1csc(NC(=O)C(C#N)c2nc(C)cs2)n1. The van der Waals surface area contributed by atoms with Crippen molar-refractivity contribution in [2.45, 2.75) is 19.8 Å². The van der Waals surface area contributed by atoms with E-state index in [4.69, 9.17) is 5.26 Å². The van der Waals surface area contributed by atoms with Gasteiger partial charge in [-0.1, -0.05) is 0 Å². The predicted octanol–water partition coefficient (Wildman–Crippen LogP) is 2.46. The average molecular weight is 278 g/mol. The first-order chi connectivity index (χ1) is 8.60. The van der Waals surface area contributed by atoms with E-state index in [1.54, 1.807) is 0 Å². The molecule has 2 aromatic heterocycles. The van der Waals surface area contributed by atoms with E-state index >= 15 is 0 Å². The molecule has 0 bridgehead atoms. The molecule has 2 aromatic rings. The van der Waals surface area contributed by atoms with Gasteiger partial charge in [0.15, 0.2) is 11.0 Å². The van der Waals surface area contributed by atoms with Crippen molar-refractivity contribution < 1.29 is 4.79 Å². The van der Waals surface area contributed by atoms with Crippen LogP contribution in [-0.4, -0.2) is 15.9 Å². The molecular weight excluding hydrogens is 268 g/mol. The van der Waals surface area contributed by atoms with E-state index in [2.05, 4.69) is 15.3 Å². The van der Waals surface area contributed by atoms with Crippen LogP contribution in [0.5, 0.6) is 0 Å². The maximum atomic E-state index is 12.0. The zero-order valence-electron chi connectivity index (χ0n) is 9.80. The highest BCUT2D eigenvalue weighted by atomic mass is 32.1. The summed E-state index contributed by atoms with van der Waals surface area (Å²) in [5.74, 6) is -1.27. The van der Waals surface area contributed by atoms with Crippen LogP contribution in [0.1, 0.15) is 22.3 Å². The number of carbonyl (C=O) groups is 1. The van der Waals surface area contributed by atoms with Crippen molar-refractivity contribution >= 4 is 33.7 Å². The highest BCUT2D eigenvalue weighted by Gasteiger charge is 2.24. The molecule has 0 saturated carbocycles. The highest BCUT2D eigenvalue weighted by Crippen LogP contribution is 2.22. The number of nitrogens with zero attached hydrogens (tertiary/aromatic N) is 3. The Morgan fingerprint density at radius 3 is 2.50 bits per heavy atom. The van der Waals surface area contributed by atoms with E-state index in [9.17, 15) is 4.79 Å². The van der Waals surface area contributed by atoms with Crippen molar-refractivity contribution in [3.63, 3.8) is 0 Å². The number of rotatable bonds is 3. The number of nitrogens with one attached hydrogen (secondary N) is 1. The van der Waals surface area contributed by atoms with Crippen molar-refractivity contribution in [1.29, 1.82) is 5.26 Å². The third-order valence-corrected chi connectivity index (χ3v) is 4.03. The van der Waals surface area contributed by atoms with Crippen molar-refractivity contribution in [3.8, 4) is 6.07 Å². The minimum absolute atomic E-state index is 0.388. The summed E-state index contributed by atoms with van der Waals surface area (Å²) in [6.45, 7) is 3.68. The van der Waals surface area contributed by atoms with Gasteiger partial charge in [0.1, 0.15) is 5.01 Å². The molecule has 2 rings (SSSR count). The van der Waals surface area contributed by atoms with Gasteiger partial charge in [-0.3, -0.25) is 4.79 Å². The number of thiazole rings is 2. The summed E-state index contributed by atoms with van der Waals surface area (Å²) < 4.78 is 0. The Labute approximate surface area is 112 Å². The second-order valence-electron chi connectivity index (χ2n) is 3.67. The van der Waals surface area contributed by atoms with Crippen LogP contribution < -0.4 is 5.32 Å². The van der Waals surface area contributed by atoms with Gasteiger partial charge in [0, 0.05) is 16.5 Å². The van der Waals surface area contributed by atoms with Crippen LogP contribution in [0, 0.1) is 25.2 Å². The van der Waals surface area contributed by atoms with Crippen LogP contribution in [-0.2, 0) is 4.79 Å². The minimum Gasteiger partial charge on any atom is -0.300 e. The molecule has 1 amide bonds. The molecule has 0 aliphatic heterocycles. The maximum absolute atomic E-state index is 12.0. The van der Waals surface area contributed by atoms with Gasteiger partial charge in [0.05, 0.1) is 11.8 Å². The molecule has 0 aliphatic rings. The number of anilines is 1. The van der Waals surface area contributed by atoms with E-state index < -0.39 is 5.92 Å². The topological polar surface area (TPSA) is 78.7 Å². The fraction of sp³-hybridized carbons (Fsp3) is 0.273. The molecule has 0 saturated heterocycles. The van der Waals surface area contributed by atoms with Gasteiger partial charge in [-0.15, -0.1) is 22.7 Å². The first-order valence-corrected chi connectivity index (χ1v) is 6.90. The second kappa shape index (κ2) is 5.25. The van der Waals surface area contributed by atoms with Gasteiger partial charge in [-0.25, -0.2) is 9.97 Å². The molecule has 7 heteroatoms. The monoisotopic (exact) mass is 278 g/mol. The van der Waals surface area contributed by atoms with Crippen LogP contribution in [0.4, 0.5) is 5.13 Å². The average Bonchev–Trinajstić information content (AvgIpc) is 2.89. The van der Waals surface area contributed by atoms with E-state index in [-0.39, 0.29) is 5.91 Å². The molecule has 0 fully saturated rings. The molecule has 2 heterocycles. The normalized spacial score (nSPS) is 11.8. The lowest BCUT2D eigenvalue weighted by atomic mass is 10.2. The number of carbonyl (C=O) groups excluding carboxylic acids is 1. The Balaban J connectivity index is 2.14. The highest BCUT2D eigenvalue weighted by molar-refractivity contribution is 7.14. The zero-order chi connectivity index (χ0) is 13.1. The molecule has 0 radical (unpaired) electrons. The number of nitriles is 1. The molecule has 0 aliphatic carbocycles. The van der Waals surface area contributed by atoms with Crippen molar-refractivity contribution in [1.82, 2.24) is 9.97 Å². The van der Waals surface area contributed by atoms with Gasteiger partial charge >= 0.3 is 0 Å². The van der Waals surface area contributed by atoms with Crippen LogP contribution in [0.25, 0.3) is 0 Å². The van der Waals surface area contributed by atoms with E-state index in [0.29, 0.717) is 10.1 Å². The fourth-order valence-electron chi connectivity index (χ4n) is 1.32. The molecule has 1 unspecified atom stereocenters. The number of aryl methyl sites for hydroxylation is 2. The van der Waals surface area contributed by atoms with Gasteiger partial charge in [0.25, 0.3) is 5.91 Å². The van der Waals surface area contributed by atoms with Crippen LogP contribution in [0.2, 0.25) is 0 Å². The third-order valence-electron chi connectivity index (χ3n) is 2.12. The summed E-state index contributed by atoms with van der Waals surface area (Å²) in [6, 6.07) is 1.97. The largest absolute Gasteiger partial charge is 0.300 e.